The van der Waals surface area contributed by atoms with Gasteiger partial charge in [-0.2, -0.15) is 0 Å². The maximum atomic E-state index is 13.9. The third-order valence-electron chi connectivity index (χ3n) is 4.28. The highest BCUT2D eigenvalue weighted by Gasteiger charge is 2.23. The van der Waals surface area contributed by atoms with Gasteiger partial charge in [0.2, 0.25) is 0 Å². The molecule has 0 saturated carbocycles. The lowest BCUT2D eigenvalue weighted by atomic mass is 10.0. The van der Waals surface area contributed by atoms with E-state index in [1.807, 2.05) is 4.90 Å². The molecule has 2 atom stereocenters. The van der Waals surface area contributed by atoms with Crippen LogP contribution in [-0.4, -0.2) is 36.8 Å². The van der Waals surface area contributed by atoms with Crippen LogP contribution in [0.15, 0.2) is 47.1 Å². The minimum absolute atomic E-state index is 0.0586. The standard InChI is InChI=1S/C18H22FN3O3/c19-14-6-1-2-7-15(14)22-9-3-5-13(12-22)21-18(24)20-11-16(23)17-8-4-10-25-17/h1-2,4,6-8,10,13,16,23H,3,5,9,11-12H2,(H2,20,21,24). The number of halogens is 1. The molecule has 2 amide bonds. The first-order chi connectivity index (χ1) is 12.1. The highest BCUT2D eigenvalue weighted by atomic mass is 19.1. The van der Waals surface area contributed by atoms with Crippen molar-refractivity contribution in [1.29, 1.82) is 0 Å². The number of nitrogens with zero attached hydrogens (tertiary/aromatic N) is 1. The number of para-hydroxylation sites is 1. The average molecular weight is 347 g/mol. The third kappa shape index (κ3) is 4.51. The molecule has 1 aromatic heterocycles. The molecule has 1 fully saturated rings. The number of hydrogen-bond donors (Lipinski definition) is 3. The number of furan rings is 1. The Kier molecular flexibility index (Phi) is 5.55. The molecule has 1 aliphatic rings. The Balaban J connectivity index is 1.49. The summed E-state index contributed by atoms with van der Waals surface area (Å²) in [5.41, 5.74) is 0.558. The van der Waals surface area contributed by atoms with Crippen LogP contribution in [0.25, 0.3) is 0 Å². The first-order valence-corrected chi connectivity index (χ1v) is 8.39. The van der Waals surface area contributed by atoms with Gasteiger partial charge in [-0.05, 0) is 37.1 Å². The van der Waals surface area contributed by atoms with Crippen molar-refractivity contribution < 1.29 is 18.7 Å². The Morgan fingerprint density at radius 1 is 1.36 bits per heavy atom. The number of carbonyl (C=O) groups excluding carboxylic acids is 1. The normalized spacial score (nSPS) is 18.6. The van der Waals surface area contributed by atoms with Gasteiger partial charge in [-0.1, -0.05) is 12.1 Å². The first kappa shape index (κ1) is 17.3. The lowest BCUT2D eigenvalue weighted by molar-refractivity contribution is 0.147. The Morgan fingerprint density at radius 2 is 2.20 bits per heavy atom. The first-order valence-electron chi connectivity index (χ1n) is 8.39. The van der Waals surface area contributed by atoms with Crippen LogP contribution in [0, 0.1) is 5.82 Å². The minimum Gasteiger partial charge on any atom is -0.467 e. The summed E-state index contributed by atoms with van der Waals surface area (Å²) in [7, 11) is 0. The molecule has 25 heavy (non-hydrogen) atoms. The molecule has 0 radical (unpaired) electrons. The van der Waals surface area contributed by atoms with Gasteiger partial charge in [0.15, 0.2) is 0 Å². The number of rotatable bonds is 5. The summed E-state index contributed by atoms with van der Waals surface area (Å²) in [6.07, 6.45) is 2.28. The van der Waals surface area contributed by atoms with Crippen molar-refractivity contribution in [2.75, 3.05) is 24.5 Å². The number of urea groups is 1. The number of aliphatic hydroxyl groups is 1. The summed E-state index contributed by atoms with van der Waals surface area (Å²) in [5, 5.41) is 15.4. The van der Waals surface area contributed by atoms with E-state index >= 15 is 0 Å². The van der Waals surface area contributed by atoms with Gasteiger partial charge >= 0.3 is 6.03 Å². The van der Waals surface area contributed by atoms with E-state index in [4.69, 9.17) is 4.42 Å². The summed E-state index contributed by atoms with van der Waals surface area (Å²) in [6, 6.07) is 9.55. The van der Waals surface area contributed by atoms with Crippen LogP contribution in [0.4, 0.5) is 14.9 Å². The van der Waals surface area contributed by atoms with E-state index in [2.05, 4.69) is 10.6 Å². The number of benzene rings is 1. The lowest BCUT2D eigenvalue weighted by Crippen LogP contribution is -2.51. The Hall–Kier alpha value is -2.54. The summed E-state index contributed by atoms with van der Waals surface area (Å²) < 4.78 is 19.0. The van der Waals surface area contributed by atoms with E-state index in [0.717, 1.165) is 19.4 Å². The summed E-state index contributed by atoms with van der Waals surface area (Å²) >= 11 is 0. The molecule has 3 N–H and O–H groups in total. The van der Waals surface area contributed by atoms with Crippen LogP contribution < -0.4 is 15.5 Å². The molecule has 0 spiro atoms. The maximum Gasteiger partial charge on any atom is 0.315 e. The molecule has 2 aromatic rings. The second-order valence-electron chi connectivity index (χ2n) is 6.12. The highest BCUT2D eigenvalue weighted by molar-refractivity contribution is 5.74. The predicted molar refractivity (Wildman–Crippen MR) is 91.8 cm³/mol. The van der Waals surface area contributed by atoms with E-state index in [-0.39, 0.29) is 24.4 Å². The third-order valence-corrected chi connectivity index (χ3v) is 4.28. The SMILES string of the molecule is O=C(NCC(O)c1ccco1)NC1CCCN(c2ccccc2F)C1. The second kappa shape index (κ2) is 8.02. The van der Waals surface area contributed by atoms with Gasteiger partial charge in [-0.25, -0.2) is 9.18 Å². The molecule has 6 nitrogen and oxygen atoms in total. The van der Waals surface area contributed by atoms with Gasteiger partial charge in [-0.15, -0.1) is 0 Å². The molecule has 0 aliphatic carbocycles. The van der Waals surface area contributed by atoms with Gasteiger partial charge in [0.25, 0.3) is 0 Å². The predicted octanol–water partition coefficient (Wildman–Crippen LogP) is 2.42. The number of anilines is 1. The number of carbonyl (C=O) groups is 1. The molecule has 2 heterocycles. The zero-order valence-electron chi connectivity index (χ0n) is 13.8. The van der Waals surface area contributed by atoms with Gasteiger partial charge in [0, 0.05) is 19.1 Å². The van der Waals surface area contributed by atoms with Gasteiger partial charge in [0.1, 0.15) is 17.7 Å². The van der Waals surface area contributed by atoms with Crippen molar-refractivity contribution in [3.8, 4) is 0 Å². The number of piperidine rings is 1. The molecule has 3 rings (SSSR count). The number of amides is 2. The van der Waals surface area contributed by atoms with E-state index in [1.54, 1.807) is 30.3 Å². The molecular formula is C18H22FN3O3. The quantitative estimate of drug-likeness (QED) is 0.776. The lowest BCUT2D eigenvalue weighted by Gasteiger charge is -2.34. The van der Waals surface area contributed by atoms with Crippen LogP contribution in [-0.2, 0) is 0 Å². The smallest absolute Gasteiger partial charge is 0.315 e. The fourth-order valence-corrected chi connectivity index (χ4v) is 3.03. The summed E-state index contributed by atoms with van der Waals surface area (Å²) in [5.74, 6) is 0.151. The zero-order valence-corrected chi connectivity index (χ0v) is 13.8. The number of hydrogen-bond acceptors (Lipinski definition) is 4. The van der Waals surface area contributed by atoms with Gasteiger partial charge in [0.05, 0.1) is 18.5 Å². The van der Waals surface area contributed by atoms with Crippen molar-refractivity contribution in [3.63, 3.8) is 0 Å². The summed E-state index contributed by atoms with van der Waals surface area (Å²) in [4.78, 5) is 14.0. The molecule has 1 aliphatic heterocycles. The fourth-order valence-electron chi connectivity index (χ4n) is 3.03. The Morgan fingerprint density at radius 3 is 2.96 bits per heavy atom. The monoisotopic (exact) mass is 347 g/mol. The van der Waals surface area contributed by atoms with E-state index in [0.29, 0.717) is 18.0 Å². The highest BCUT2D eigenvalue weighted by Crippen LogP contribution is 2.22. The zero-order chi connectivity index (χ0) is 17.6. The van der Waals surface area contributed by atoms with Crippen molar-refractivity contribution in [1.82, 2.24) is 10.6 Å². The topological polar surface area (TPSA) is 77.7 Å². The van der Waals surface area contributed by atoms with E-state index in [1.165, 1.54) is 12.3 Å². The molecular weight excluding hydrogens is 325 g/mol. The Bertz CT molecular complexity index is 693. The van der Waals surface area contributed by atoms with E-state index in [9.17, 15) is 14.3 Å². The maximum absolute atomic E-state index is 13.9. The van der Waals surface area contributed by atoms with Gasteiger partial charge < -0.3 is 25.1 Å². The number of nitrogens with one attached hydrogen (secondary N) is 2. The van der Waals surface area contributed by atoms with E-state index < -0.39 is 6.10 Å². The van der Waals surface area contributed by atoms with Crippen LogP contribution in [0.1, 0.15) is 24.7 Å². The van der Waals surface area contributed by atoms with Crippen molar-refractivity contribution in [3.05, 3.63) is 54.2 Å². The fraction of sp³-hybridized carbons (Fsp3) is 0.389. The van der Waals surface area contributed by atoms with Gasteiger partial charge in [-0.3, -0.25) is 0 Å². The second-order valence-corrected chi connectivity index (χ2v) is 6.12. The number of aliphatic hydroxyl groups excluding tert-OH is 1. The minimum atomic E-state index is -0.887. The molecule has 7 heteroatoms. The van der Waals surface area contributed by atoms with Crippen LogP contribution in [0.2, 0.25) is 0 Å². The molecule has 0 bridgehead atoms. The molecule has 134 valence electrons. The van der Waals surface area contributed by atoms with Crippen molar-refractivity contribution >= 4 is 11.7 Å². The molecule has 1 saturated heterocycles. The van der Waals surface area contributed by atoms with Crippen LogP contribution in [0.5, 0.6) is 0 Å². The molecule has 2 unspecified atom stereocenters. The Labute approximate surface area is 145 Å². The van der Waals surface area contributed by atoms with Crippen LogP contribution >= 0.6 is 0 Å². The summed E-state index contributed by atoms with van der Waals surface area (Å²) in [6.45, 7) is 1.37. The average Bonchev–Trinajstić information content (AvgIpc) is 3.15. The molecule has 1 aromatic carbocycles. The largest absolute Gasteiger partial charge is 0.467 e. The van der Waals surface area contributed by atoms with Crippen molar-refractivity contribution in [2.45, 2.75) is 25.0 Å². The van der Waals surface area contributed by atoms with Crippen molar-refractivity contribution in [2.24, 2.45) is 0 Å². The van der Waals surface area contributed by atoms with Crippen LogP contribution in [0.3, 0.4) is 0 Å².